The summed E-state index contributed by atoms with van der Waals surface area (Å²) >= 11 is 6.77. The smallest absolute Gasteiger partial charge is 0.407 e. The van der Waals surface area contributed by atoms with Crippen LogP contribution in [0.5, 0.6) is 0 Å². The van der Waals surface area contributed by atoms with E-state index < -0.39 is 17.6 Å². The Morgan fingerprint density at radius 1 is 1.14 bits per heavy atom. The number of hydrogen-bond donors (Lipinski definition) is 1. The summed E-state index contributed by atoms with van der Waals surface area (Å²) in [5.41, 5.74) is 2.66. The lowest BCUT2D eigenvalue weighted by atomic mass is 10.0. The Bertz CT molecular complexity index is 1790. The van der Waals surface area contributed by atoms with E-state index in [1.807, 2.05) is 45.6 Å². The van der Waals surface area contributed by atoms with Crippen LogP contribution in [0.4, 0.5) is 15.0 Å². The summed E-state index contributed by atoms with van der Waals surface area (Å²) in [5.74, 6) is -0.231. The van der Waals surface area contributed by atoms with Crippen LogP contribution in [0, 0.1) is 12.7 Å². The van der Waals surface area contributed by atoms with Crippen molar-refractivity contribution in [1.82, 2.24) is 24.4 Å². The highest BCUT2D eigenvalue weighted by molar-refractivity contribution is 6.33. The van der Waals surface area contributed by atoms with Crippen LogP contribution in [0.1, 0.15) is 50.6 Å². The first-order chi connectivity index (χ1) is 19.9. The highest BCUT2D eigenvalue weighted by atomic mass is 35.5. The molecule has 0 spiro atoms. The number of anilines is 1. The van der Waals surface area contributed by atoms with Crippen molar-refractivity contribution < 1.29 is 14.3 Å². The summed E-state index contributed by atoms with van der Waals surface area (Å²) in [6.45, 7) is 13.9. The van der Waals surface area contributed by atoms with E-state index in [4.69, 9.17) is 21.6 Å². The molecule has 1 saturated heterocycles. The molecule has 1 N–H and O–H groups in total. The molecule has 0 unspecified atom stereocenters. The van der Waals surface area contributed by atoms with E-state index in [1.54, 1.807) is 30.3 Å². The monoisotopic (exact) mass is 590 g/mol. The Morgan fingerprint density at radius 2 is 1.86 bits per heavy atom. The first-order valence-electron chi connectivity index (χ1n) is 13.7. The second kappa shape index (κ2) is 11.2. The van der Waals surface area contributed by atoms with Crippen molar-refractivity contribution in [3.63, 3.8) is 0 Å². The molecule has 1 aliphatic rings. The van der Waals surface area contributed by atoms with Gasteiger partial charge in [-0.15, -0.1) is 0 Å². The second-order valence-electron chi connectivity index (χ2n) is 11.0. The average Bonchev–Trinajstić information content (AvgIpc) is 2.94. The van der Waals surface area contributed by atoms with Crippen molar-refractivity contribution in [2.24, 2.45) is 0 Å². The van der Waals surface area contributed by atoms with Crippen LogP contribution in [0.25, 0.3) is 34.1 Å². The van der Waals surface area contributed by atoms with E-state index in [2.05, 4.69) is 11.6 Å². The van der Waals surface area contributed by atoms with Crippen LogP contribution >= 0.6 is 11.6 Å². The quantitative estimate of drug-likeness (QED) is 0.291. The Morgan fingerprint density at radius 3 is 2.50 bits per heavy atom. The van der Waals surface area contributed by atoms with Crippen molar-refractivity contribution in [2.75, 3.05) is 18.0 Å². The predicted molar refractivity (Wildman–Crippen MR) is 163 cm³/mol. The SMILES string of the molecule is C=Cc1cc(C)c(-n2c(=O)nc(N3C[C@@H](C)N(C(=O)O)C[C@@H]3C)c3cc(Cl)c(-c4ccccc4F)nc32)c(C(C)C)n1. The normalized spacial score (nSPS) is 17.2. The van der Waals surface area contributed by atoms with Gasteiger partial charge in [0.25, 0.3) is 0 Å². The number of nitrogens with zero attached hydrogens (tertiary/aromatic N) is 6. The van der Waals surface area contributed by atoms with Gasteiger partial charge < -0.3 is 14.9 Å². The molecule has 5 rings (SSSR count). The third-order valence-electron chi connectivity index (χ3n) is 7.64. The van der Waals surface area contributed by atoms with Crippen molar-refractivity contribution in [3.8, 4) is 16.9 Å². The predicted octanol–water partition coefficient (Wildman–Crippen LogP) is 6.29. The number of benzene rings is 1. The zero-order chi connectivity index (χ0) is 30.5. The molecule has 2 atom stereocenters. The molecule has 42 heavy (non-hydrogen) atoms. The molecular formula is C31H32ClFN6O3. The Kier molecular flexibility index (Phi) is 7.76. The summed E-state index contributed by atoms with van der Waals surface area (Å²) in [5, 5.41) is 10.3. The first kappa shape index (κ1) is 29.2. The summed E-state index contributed by atoms with van der Waals surface area (Å²) in [7, 11) is 0. The largest absolute Gasteiger partial charge is 0.465 e. The number of carboxylic acid groups (broad SMARTS) is 1. The number of rotatable bonds is 5. The maximum Gasteiger partial charge on any atom is 0.407 e. The molecule has 0 radical (unpaired) electrons. The highest BCUT2D eigenvalue weighted by Crippen LogP contribution is 2.36. The van der Waals surface area contributed by atoms with Gasteiger partial charge in [0.1, 0.15) is 11.6 Å². The van der Waals surface area contributed by atoms with Gasteiger partial charge in [0, 0.05) is 30.7 Å². The molecule has 4 heterocycles. The third-order valence-corrected chi connectivity index (χ3v) is 7.93. The number of aromatic nitrogens is 4. The summed E-state index contributed by atoms with van der Waals surface area (Å²) in [6, 6.07) is 9.02. The van der Waals surface area contributed by atoms with Crippen LogP contribution in [-0.2, 0) is 0 Å². The minimum Gasteiger partial charge on any atom is -0.465 e. The zero-order valence-corrected chi connectivity index (χ0v) is 24.9. The van der Waals surface area contributed by atoms with Gasteiger partial charge in [-0.1, -0.05) is 44.2 Å². The third kappa shape index (κ3) is 5.00. The van der Waals surface area contributed by atoms with E-state index >= 15 is 0 Å². The number of halogens is 2. The molecule has 4 aromatic rings. The lowest BCUT2D eigenvalue weighted by molar-refractivity contribution is 0.114. The number of pyridine rings is 2. The maximum absolute atomic E-state index is 15.0. The number of carbonyl (C=O) groups is 1. The van der Waals surface area contributed by atoms with E-state index in [9.17, 15) is 19.1 Å². The van der Waals surface area contributed by atoms with Gasteiger partial charge >= 0.3 is 11.8 Å². The standard InChI is InChI=1S/C31H32ClFN6O3/c1-7-20-12-17(4)27(25(34-20)16(2)3)39-29-22(13-23(32)26(35-29)21-10-8-9-11-24(21)33)28(36-30(39)40)37-14-19(6)38(31(41)42)15-18(37)5/h7-13,16,18-19H,1,14-15H2,2-6H3,(H,41,42)/t18-,19+/m0/s1. The van der Waals surface area contributed by atoms with Gasteiger partial charge in [-0.3, -0.25) is 4.98 Å². The lowest BCUT2D eigenvalue weighted by Gasteiger charge is -2.43. The fourth-order valence-corrected chi connectivity index (χ4v) is 5.82. The van der Waals surface area contributed by atoms with Crippen molar-refractivity contribution in [2.45, 2.75) is 52.6 Å². The van der Waals surface area contributed by atoms with E-state index in [1.165, 1.54) is 15.5 Å². The summed E-state index contributed by atoms with van der Waals surface area (Å²) < 4.78 is 16.4. The molecule has 0 aliphatic carbocycles. The van der Waals surface area contributed by atoms with Gasteiger partial charge in [-0.25, -0.2) is 23.5 Å². The fourth-order valence-electron chi connectivity index (χ4n) is 5.57. The molecule has 1 fully saturated rings. The molecule has 11 heteroatoms. The van der Waals surface area contributed by atoms with E-state index in [-0.39, 0.29) is 46.5 Å². The molecule has 9 nitrogen and oxygen atoms in total. The Labute approximate surface area is 247 Å². The average molecular weight is 591 g/mol. The lowest BCUT2D eigenvalue weighted by Crippen LogP contribution is -2.58. The molecule has 1 aromatic carbocycles. The maximum atomic E-state index is 15.0. The van der Waals surface area contributed by atoms with Crippen LogP contribution < -0.4 is 10.6 Å². The Balaban J connectivity index is 1.86. The summed E-state index contributed by atoms with van der Waals surface area (Å²) in [4.78, 5) is 43.3. The molecule has 0 bridgehead atoms. The first-order valence-corrected chi connectivity index (χ1v) is 14.1. The fraction of sp³-hybridized carbons (Fsp3) is 0.323. The number of amides is 1. The van der Waals surface area contributed by atoms with Crippen LogP contribution in [-0.4, -0.2) is 60.8 Å². The molecule has 0 saturated carbocycles. The highest BCUT2D eigenvalue weighted by Gasteiger charge is 2.34. The molecular weight excluding hydrogens is 559 g/mol. The number of piperazine rings is 1. The van der Waals surface area contributed by atoms with Crippen molar-refractivity contribution >= 4 is 40.6 Å². The summed E-state index contributed by atoms with van der Waals surface area (Å²) in [6.07, 6.45) is 0.645. The molecule has 3 aromatic heterocycles. The topological polar surface area (TPSA) is 104 Å². The van der Waals surface area contributed by atoms with Crippen LogP contribution in [0.2, 0.25) is 5.02 Å². The molecule has 1 amide bonds. The number of fused-ring (bicyclic) bond motifs is 1. The van der Waals surface area contributed by atoms with Gasteiger partial charge in [0.2, 0.25) is 0 Å². The van der Waals surface area contributed by atoms with Crippen LogP contribution in [0.3, 0.4) is 0 Å². The van der Waals surface area contributed by atoms with E-state index in [0.29, 0.717) is 34.8 Å². The van der Waals surface area contributed by atoms with Gasteiger partial charge in [0.05, 0.1) is 33.2 Å². The van der Waals surface area contributed by atoms with Crippen molar-refractivity contribution in [1.29, 1.82) is 0 Å². The van der Waals surface area contributed by atoms with E-state index in [0.717, 1.165) is 5.56 Å². The van der Waals surface area contributed by atoms with Crippen molar-refractivity contribution in [3.05, 3.63) is 81.3 Å². The number of aryl methyl sites for hydroxylation is 1. The second-order valence-corrected chi connectivity index (χ2v) is 11.4. The molecule has 1 aliphatic heterocycles. The minimum absolute atomic E-state index is 0.0662. The van der Waals surface area contributed by atoms with Gasteiger partial charge in [0.15, 0.2) is 5.65 Å². The number of hydrogen-bond acceptors (Lipinski definition) is 6. The van der Waals surface area contributed by atoms with Gasteiger partial charge in [-0.05, 0) is 62.6 Å². The minimum atomic E-state index is -1.01. The zero-order valence-electron chi connectivity index (χ0n) is 24.1. The van der Waals surface area contributed by atoms with Crippen LogP contribution in [0.15, 0.2) is 47.8 Å². The Hall–Kier alpha value is -4.31. The van der Waals surface area contributed by atoms with Gasteiger partial charge in [-0.2, -0.15) is 4.98 Å². The molecule has 218 valence electrons.